The summed E-state index contributed by atoms with van der Waals surface area (Å²) in [5, 5.41) is 0. The molecule has 0 bridgehead atoms. The minimum absolute atomic E-state index is 0. The molecule has 4 nitrogen and oxygen atoms in total. The molecule has 0 aliphatic heterocycles. The van der Waals surface area contributed by atoms with Crippen molar-refractivity contribution in [2.24, 2.45) is 0 Å². The molecule has 1 rings (SSSR count). The quantitative estimate of drug-likeness (QED) is 0.638. The van der Waals surface area contributed by atoms with Gasteiger partial charge < -0.3 is 10.6 Å². The van der Waals surface area contributed by atoms with Gasteiger partial charge in [-0.2, -0.15) is 6.08 Å². The smallest absolute Gasteiger partial charge is 0.395 e. The molecule has 1 heterocycles. The fourth-order valence-corrected chi connectivity index (χ4v) is 1.11. The zero-order chi connectivity index (χ0) is 12.0. The number of aromatic nitrogens is 2. The van der Waals surface area contributed by atoms with Crippen molar-refractivity contribution in [1.82, 2.24) is 9.97 Å². The number of H-pyrrole nitrogens is 2. The zero-order valence-electron chi connectivity index (χ0n) is 9.57. The minimum atomic E-state index is -0.553. The molecule has 5 heteroatoms. The first-order chi connectivity index (χ1) is 7.67. The van der Waals surface area contributed by atoms with E-state index in [-0.39, 0.29) is 18.6 Å². The van der Waals surface area contributed by atoms with Crippen molar-refractivity contribution < 1.29 is 18.6 Å². The van der Waals surface area contributed by atoms with Gasteiger partial charge in [-0.15, -0.1) is 12.2 Å². The van der Waals surface area contributed by atoms with Gasteiger partial charge in [0.05, 0.1) is 0 Å². The van der Waals surface area contributed by atoms with Crippen LogP contribution in [-0.2, 0) is 18.6 Å². The van der Waals surface area contributed by atoms with E-state index in [2.05, 4.69) is 22.1 Å². The van der Waals surface area contributed by atoms with E-state index in [0.717, 1.165) is 0 Å². The van der Waals surface area contributed by atoms with E-state index in [0.29, 0.717) is 11.3 Å². The fraction of sp³-hybridized carbons (Fsp3) is 0.167. The Morgan fingerprint density at radius 2 is 2.00 bits per heavy atom. The van der Waals surface area contributed by atoms with Crippen LogP contribution in [0.2, 0.25) is 0 Å². The Labute approximate surface area is 111 Å². The van der Waals surface area contributed by atoms with Crippen LogP contribution in [0, 0.1) is 12.1 Å². The third kappa shape index (κ3) is 4.89. The first-order valence-corrected chi connectivity index (χ1v) is 4.81. The third-order valence-corrected chi connectivity index (χ3v) is 1.73. The maximum absolute atomic E-state index is 11.1. The molecule has 0 saturated heterocycles. The summed E-state index contributed by atoms with van der Waals surface area (Å²) in [5.74, 6) is 0. The van der Waals surface area contributed by atoms with Crippen LogP contribution in [0.5, 0.6) is 0 Å². The maximum Gasteiger partial charge on any atom is 2.00 e. The van der Waals surface area contributed by atoms with Crippen molar-refractivity contribution in [2.45, 2.75) is 13.8 Å². The Morgan fingerprint density at radius 3 is 2.53 bits per heavy atom. The molecule has 1 aromatic rings. The van der Waals surface area contributed by atoms with Crippen molar-refractivity contribution in [2.75, 3.05) is 0 Å². The molecule has 0 fully saturated rings. The third-order valence-electron chi connectivity index (χ3n) is 1.73. The van der Waals surface area contributed by atoms with Crippen LogP contribution < -0.4 is 11.2 Å². The summed E-state index contributed by atoms with van der Waals surface area (Å²) >= 11 is 0. The van der Waals surface area contributed by atoms with Gasteiger partial charge in [0.2, 0.25) is 0 Å². The molecule has 1 radical (unpaired) electrons. The van der Waals surface area contributed by atoms with E-state index in [4.69, 9.17) is 0 Å². The molecule has 0 spiro atoms. The Balaban J connectivity index is 0.00000256. The van der Waals surface area contributed by atoms with Crippen LogP contribution >= 0.6 is 0 Å². The van der Waals surface area contributed by atoms with Gasteiger partial charge in [0, 0.05) is 0 Å². The summed E-state index contributed by atoms with van der Waals surface area (Å²) in [6, 6.07) is 2.49. The topological polar surface area (TPSA) is 65.7 Å². The molecule has 0 aromatic carbocycles. The van der Waals surface area contributed by atoms with Gasteiger partial charge in [0.15, 0.2) is 0 Å². The molecule has 0 aliphatic rings. The SMILES string of the molecule is CC=[C-]/C(=C\C=C/C)c1[c-]c(=O)[nH]c(=O)[nH]1.[V+2]. The first kappa shape index (κ1) is 15.5. The molecule has 1 aromatic heterocycles. The van der Waals surface area contributed by atoms with Crippen molar-refractivity contribution in [3.8, 4) is 0 Å². The number of hydrogen-bond donors (Lipinski definition) is 2. The molecule has 2 N–H and O–H groups in total. The summed E-state index contributed by atoms with van der Waals surface area (Å²) in [6.07, 6.45) is 9.98. The largest absolute Gasteiger partial charge is 2.00 e. The summed E-state index contributed by atoms with van der Waals surface area (Å²) < 4.78 is 0. The van der Waals surface area contributed by atoms with Crippen molar-refractivity contribution in [3.05, 3.63) is 63.0 Å². The second kappa shape index (κ2) is 7.71. The average molecular weight is 267 g/mol. The molecule has 0 saturated carbocycles. The van der Waals surface area contributed by atoms with Crippen molar-refractivity contribution >= 4 is 5.57 Å². The van der Waals surface area contributed by atoms with Gasteiger partial charge in [-0.3, -0.25) is 15.9 Å². The van der Waals surface area contributed by atoms with Gasteiger partial charge in [0.1, 0.15) is 5.56 Å². The monoisotopic (exact) mass is 267 g/mol. The molecule has 87 valence electrons. The van der Waals surface area contributed by atoms with Crippen LogP contribution in [0.4, 0.5) is 0 Å². The number of nitrogens with one attached hydrogen (secondary N) is 2. The van der Waals surface area contributed by atoms with Crippen LogP contribution in [-0.4, -0.2) is 9.97 Å². The van der Waals surface area contributed by atoms with Crippen molar-refractivity contribution in [1.29, 1.82) is 0 Å². The van der Waals surface area contributed by atoms with Crippen molar-refractivity contribution in [3.63, 3.8) is 0 Å². The predicted octanol–water partition coefficient (Wildman–Crippen LogP) is 1.20. The summed E-state index contributed by atoms with van der Waals surface area (Å²) in [7, 11) is 0. The van der Waals surface area contributed by atoms with Gasteiger partial charge in [-0.25, -0.2) is 22.6 Å². The van der Waals surface area contributed by atoms with E-state index >= 15 is 0 Å². The Morgan fingerprint density at radius 1 is 1.29 bits per heavy atom. The number of allylic oxidation sites excluding steroid dienone is 6. The molecule has 0 atom stereocenters. The predicted molar refractivity (Wildman–Crippen MR) is 62.8 cm³/mol. The molecular formula is C12H12N2O2V. The van der Waals surface area contributed by atoms with E-state index in [1.54, 1.807) is 25.2 Å². The molecule has 0 amide bonds. The average Bonchev–Trinajstić information content (AvgIpc) is 2.22. The van der Waals surface area contributed by atoms with Gasteiger partial charge >= 0.3 is 24.2 Å². The summed E-state index contributed by atoms with van der Waals surface area (Å²) in [6.45, 7) is 3.67. The van der Waals surface area contributed by atoms with Crippen LogP contribution in [0.25, 0.3) is 5.57 Å². The minimum Gasteiger partial charge on any atom is -0.395 e. The summed E-state index contributed by atoms with van der Waals surface area (Å²) in [4.78, 5) is 26.7. The Bertz CT molecular complexity index is 522. The standard InChI is InChI=1S/C12H12N2O2.V/c1-3-5-7-9(6-4-2)10-8-11(15)14-12(16)13-10;/h3-5,7H,1-2H3,(H2,13,14,15,16);/q-2;+2/b5-3-,9-7+;. The summed E-state index contributed by atoms with van der Waals surface area (Å²) in [5.41, 5.74) is -0.181. The van der Waals surface area contributed by atoms with Gasteiger partial charge in [-0.05, 0) is 6.92 Å². The van der Waals surface area contributed by atoms with Gasteiger partial charge in [0.25, 0.3) is 0 Å². The molecular weight excluding hydrogens is 255 g/mol. The second-order valence-corrected chi connectivity index (χ2v) is 2.95. The zero-order valence-corrected chi connectivity index (χ0v) is 11.0. The van der Waals surface area contributed by atoms with Crippen LogP contribution in [0.15, 0.2) is 33.9 Å². The van der Waals surface area contributed by atoms with E-state index in [1.165, 1.54) is 0 Å². The van der Waals surface area contributed by atoms with Crippen LogP contribution in [0.1, 0.15) is 19.5 Å². The van der Waals surface area contributed by atoms with E-state index in [9.17, 15) is 9.59 Å². The molecule has 0 aliphatic carbocycles. The van der Waals surface area contributed by atoms with E-state index < -0.39 is 11.2 Å². The maximum atomic E-state index is 11.1. The fourth-order valence-electron chi connectivity index (χ4n) is 1.11. The van der Waals surface area contributed by atoms with Gasteiger partial charge in [-0.1, -0.05) is 6.92 Å². The Kier molecular flexibility index (Phi) is 7.02. The number of hydrogen-bond acceptors (Lipinski definition) is 2. The normalized spacial score (nSPS) is 12.0. The Hall–Kier alpha value is -1.52. The number of rotatable bonds is 3. The second-order valence-electron chi connectivity index (χ2n) is 2.95. The molecule has 0 unspecified atom stereocenters. The van der Waals surface area contributed by atoms with Crippen LogP contribution in [0.3, 0.4) is 0 Å². The molecule has 17 heavy (non-hydrogen) atoms. The number of aromatic amines is 2. The van der Waals surface area contributed by atoms with E-state index in [1.807, 2.05) is 13.0 Å². The first-order valence-electron chi connectivity index (χ1n) is 4.81.